The molecule has 1 aliphatic heterocycles. The molecule has 0 aromatic heterocycles. The van der Waals surface area contributed by atoms with Crippen LogP contribution in [-0.4, -0.2) is 37.0 Å². The average Bonchev–Trinajstić information content (AvgIpc) is 2.44. The van der Waals surface area contributed by atoms with Crippen LogP contribution in [0.3, 0.4) is 0 Å². The smallest absolute Gasteiger partial charge is 0.252 e. The largest absolute Gasteiger partial charge is 0.352 e. The third-order valence-corrected chi connectivity index (χ3v) is 4.71. The molecule has 2 rings (SSSR count). The maximum atomic E-state index is 12.1. The predicted octanol–water partition coefficient (Wildman–Crippen LogP) is 3.82. The van der Waals surface area contributed by atoms with Gasteiger partial charge in [-0.3, -0.25) is 4.79 Å². The summed E-state index contributed by atoms with van der Waals surface area (Å²) in [5.74, 6) is -0.0111. The Labute approximate surface area is 137 Å². The Morgan fingerprint density at radius 3 is 2.65 bits per heavy atom. The molecule has 0 saturated carbocycles. The van der Waals surface area contributed by atoms with Crippen molar-refractivity contribution in [3.05, 3.63) is 32.7 Å². The van der Waals surface area contributed by atoms with Gasteiger partial charge in [-0.25, -0.2) is 0 Å². The van der Waals surface area contributed by atoms with E-state index >= 15 is 0 Å². The van der Waals surface area contributed by atoms with Crippen molar-refractivity contribution in [3.8, 4) is 0 Å². The van der Waals surface area contributed by atoms with Gasteiger partial charge >= 0.3 is 0 Å². The van der Waals surface area contributed by atoms with Gasteiger partial charge in [-0.1, -0.05) is 22.4 Å². The van der Waals surface area contributed by atoms with Crippen LogP contribution in [0.1, 0.15) is 36.0 Å². The summed E-state index contributed by atoms with van der Waals surface area (Å²) in [5.41, 5.74) is 0.686. The molecule has 0 radical (unpaired) electrons. The molecule has 110 valence electrons. The topological polar surface area (TPSA) is 32.3 Å². The molecular weight excluding hydrogens is 384 g/mol. The lowest BCUT2D eigenvalue weighted by Gasteiger charge is -2.26. The van der Waals surface area contributed by atoms with Gasteiger partial charge in [-0.15, -0.1) is 0 Å². The lowest BCUT2D eigenvalue weighted by atomic mass is 10.1. The highest BCUT2D eigenvalue weighted by Gasteiger charge is 2.11. The number of benzene rings is 1. The van der Waals surface area contributed by atoms with Gasteiger partial charge in [0.15, 0.2) is 0 Å². The Bertz CT molecular complexity index is 459. The van der Waals surface area contributed by atoms with Gasteiger partial charge in [0, 0.05) is 15.5 Å². The van der Waals surface area contributed by atoms with Crippen molar-refractivity contribution in [2.45, 2.75) is 25.7 Å². The Morgan fingerprint density at radius 1 is 1.20 bits per heavy atom. The lowest BCUT2D eigenvalue weighted by Crippen LogP contribution is -2.33. The van der Waals surface area contributed by atoms with Crippen LogP contribution >= 0.6 is 31.9 Å². The van der Waals surface area contributed by atoms with Gasteiger partial charge in [-0.2, -0.15) is 0 Å². The zero-order valence-corrected chi connectivity index (χ0v) is 14.7. The second-order valence-electron chi connectivity index (χ2n) is 5.14. The van der Waals surface area contributed by atoms with E-state index in [9.17, 15) is 4.79 Å². The van der Waals surface area contributed by atoms with Crippen LogP contribution in [0.2, 0.25) is 0 Å². The number of halogens is 2. The van der Waals surface area contributed by atoms with E-state index in [4.69, 9.17) is 0 Å². The summed E-state index contributed by atoms with van der Waals surface area (Å²) in [7, 11) is 0. The molecule has 20 heavy (non-hydrogen) atoms. The molecule has 1 saturated heterocycles. The highest BCUT2D eigenvalue weighted by atomic mass is 79.9. The molecular formula is C15H20Br2N2O. The van der Waals surface area contributed by atoms with Crippen molar-refractivity contribution in [3.63, 3.8) is 0 Å². The molecule has 5 heteroatoms. The summed E-state index contributed by atoms with van der Waals surface area (Å²) in [6.45, 7) is 4.25. The van der Waals surface area contributed by atoms with Crippen LogP contribution in [0, 0.1) is 0 Å². The van der Waals surface area contributed by atoms with Gasteiger partial charge in [0.25, 0.3) is 5.91 Å². The molecule has 1 N–H and O–H groups in total. The summed E-state index contributed by atoms with van der Waals surface area (Å²) in [6.07, 6.45) is 5.01. The van der Waals surface area contributed by atoms with Crippen molar-refractivity contribution in [1.82, 2.24) is 10.2 Å². The predicted molar refractivity (Wildman–Crippen MR) is 89.1 cm³/mol. The monoisotopic (exact) mass is 402 g/mol. The number of likely N-dealkylation sites (tertiary alicyclic amines) is 1. The molecule has 1 aromatic rings. The van der Waals surface area contributed by atoms with E-state index in [0.29, 0.717) is 5.56 Å². The standard InChI is InChI=1S/C15H20Br2N2O/c16-12-5-6-13(14(17)11-12)15(20)18-7-4-10-19-8-2-1-3-9-19/h5-6,11H,1-4,7-10H2,(H,18,20). The van der Waals surface area contributed by atoms with Crippen LogP contribution in [0.4, 0.5) is 0 Å². The zero-order chi connectivity index (χ0) is 14.4. The van der Waals surface area contributed by atoms with Gasteiger partial charge in [0.1, 0.15) is 0 Å². The van der Waals surface area contributed by atoms with E-state index in [1.54, 1.807) is 0 Å². The number of nitrogens with zero attached hydrogens (tertiary/aromatic N) is 1. The van der Waals surface area contributed by atoms with Crippen LogP contribution in [0.15, 0.2) is 27.1 Å². The summed E-state index contributed by atoms with van der Waals surface area (Å²) in [5, 5.41) is 2.99. The SMILES string of the molecule is O=C(NCCCN1CCCCC1)c1ccc(Br)cc1Br. The normalized spacial score (nSPS) is 16.1. The lowest BCUT2D eigenvalue weighted by molar-refractivity contribution is 0.0950. The summed E-state index contributed by atoms with van der Waals surface area (Å²) < 4.78 is 1.78. The van der Waals surface area contributed by atoms with Gasteiger partial charge in [-0.05, 0) is 73.0 Å². The van der Waals surface area contributed by atoms with Crippen molar-refractivity contribution in [2.75, 3.05) is 26.2 Å². The number of hydrogen-bond donors (Lipinski definition) is 1. The number of hydrogen-bond acceptors (Lipinski definition) is 2. The number of carbonyl (C=O) groups excluding carboxylic acids is 1. The van der Waals surface area contributed by atoms with Gasteiger partial charge < -0.3 is 10.2 Å². The third kappa shape index (κ3) is 4.86. The molecule has 1 aliphatic rings. The van der Waals surface area contributed by atoms with Crippen molar-refractivity contribution < 1.29 is 4.79 Å². The highest BCUT2D eigenvalue weighted by molar-refractivity contribution is 9.11. The van der Waals surface area contributed by atoms with Gasteiger partial charge in [0.05, 0.1) is 5.56 Å². The average molecular weight is 404 g/mol. The Morgan fingerprint density at radius 2 is 1.95 bits per heavy atom. The molecule has 1 aromatic carbocycles. The first kappa shape index (κ1) is 16.0. The quantitative estimate of drug-likeness (QED) is 0.758. The van der Waals surface area contributed by atoms with Crippen LogP contribution in [-0.2, 0) is 0 Å². The maximum Gasteiger partial charge on any atom is 0.252 e. The Hall–Kier alpha value is -0.390. The minimum absolute atomic E-state index is 0.0111. The van der Waals surface area contributed by atoms with E-state index in [0.717, 1.165) is 28.5 Å². The Balaban J connectivity index is 1.72. The molecule has 1 heterocycles. The van der Waals surface area contributed by atoms with E-state index < -0.39 is 0 Å². The number of amides is 1. The van der Waals surface area contributed by atoms with Crippen LogP contribution in [0.5, 0.6) is 0 Å². The summed E-state index contributed by atoms with van der Waals surface area (Å²) in [4.78, 5) is 14.5. The number of carbonyl (C=O) groups is 1. The maximum absolute atomic E-state index is 12.1. The molecule has 0 unspecified atom stereocenters. The minimum Gasteiger partial charge on any atom is -0.352 e. The van der Waals surface area contributed by atoms with E-state index in [1.165, 1.54) is 32.4 Å². The second kappa shape index (κ2) is 8.15. The molecule has 0 bridgehead atoms. The second-order valence-corrected chi connectivity index (χ2v) is 6.91. The minimum atomic E-state index is -0.0111. The number of nitrogens with one attached hydrogen (secondary N) is 1. The molecule has 0 atom stereocenters. The van der Waals surface area contributed by atoms with Gasteiger partial charge in [0.2, 0.25) is 0 Å². The molecule has 1 amide bonds. The number of piperidine rings is 1. The van der Waals surface area contributed by atoms with Crippen molar-refractivity contribution in [2.24, 2.45) is 0 Å². The fraction of sp³-hybridized carbons (Fsp3) is 0.533. The Kier molecular flexibility index (Phi) is 6.52. The first-order valence-corrected chi connectivity index (χ1v) is 8.71. The fourth-order valence-electron chi connectivity index (χ4n) is 2.46. The van der Waals surface area contributed by atoms with E-state index in [2.05, 4.69) is 42.1 Å². The van der Waals surface area contributed by atoms with E-state index in [1.807, 2.05) is 18.2 Å². The number of rotatable bonds is 5. The first-order valence-electron chi connectivity index (χ1n) is 7.12. The molecule has 3 nitrogen and oxygen atoms in total. The van der Waals surface area contributed by atoms with Crippen molar-refractivity contribution >= 4 is 37.8 Å². The fourth-order valence-corrected chi connectivity index (χ4v) is 3.68. The van der Waals surface area contributed by atoms with Crippen molar-refractivity contribution in [1.29, 1.82) is 0 Å². The third-order valence-electron chi connectivity index (χ3n) is 3.56. The summed E-state index contributed by atoms with van der Waals surface area (Å²) in [6, 6.07) is 5.60. The van der Waals surface area contributed by atoms with Crippen LogP contribution in [0.25, 0.3) is 0 Å². The highest BCUT2D eigenvalue weighted by Crippen LogP contribution is 2.21. The molecule has 0 aliphatic carbocycles. The first-order chi connectivity index (χ1) is 9.66. The zero-order valence-electron chi connectivity index (χ0n) is 11.5. The van der Waals surface area contributed by atoms with Crippen LogP contribution < -0.4 is 5.32 Å². The van der Waals surface area contributed by atoms with E-state index in [-0.39, 0.29) is 5.91 Å². The summed E-state index contributed by atoms with van der Waals surface area (Å²) >= 11 is 6.81. The molecule has 1 fully saturated rings. The molecule has 0 spiro atoms.